The first-order chi connectivity index (χ1) is 14.8. The molecule has 4 rings (SSSR count). The second-order valence-corrected chi connectivity index (χ2v) is 8.33. The molecule has 1 N–H and O–H groups in total. The van der Waals surface area contributed by atoms with Crippen LogP contribution in [0.2, 0.25) is 0 Å². The van der Waals surface area contributed by atoms with E-state index in [2.05, 4.69) is 22.2 Å². The van der Waals surface area contributed by atoms with Crippen LogP contribution in [0.3, 0.4) is 0 Å². The summed E-state index contributed by atoms with van der Waals surface area (Å²) in [4.78, 5) is 23.9. The number of carbonyl (C=O) groups is 1. The molecule has 164 valence electrons. The first-order valence-corrected chi connectivity index (χ1v) is 10.3. The van der Waals surface area contributed by atoms with Gasteiger partial charge < -0.3 is 24.1 Å². The third-order valence-electron chi connectivity index (χ3n) is 6.09. The maximum Gasteiger partial charge on any atom is 0.258 e. The Labute approximate surface area is 181 Å². The highest BCUT2D eigenvalue weighted by Crippen LogP contribution is 2.40. The van der Waals surface area contributed by atoms with Crippen molar-refractivity contribution in [2.24, 2.45) is 0 Å². The summed E-state index contributed by atoms with van der Waals surface area (Å²) < 4.78 is 16.6. The van der Waals surface area contributed by atoms with Gasteiger partial charge in [0, 0.05) is 12.6 Å². The van der Waals surface area contributed by atoms with Gasteiger partial charge >= 0.3 is 0 Å². The molecule has 8 heteroatoms. The van der Waals surface area contributed by atoms with E-state index in [1.165, 1.54) is 6.33 Å². The van der Waals surface area contributed by atoms with E-state index in [9.17, 15) is 4.79 Å². The summed E-state index contributed by atoms with van der Waals surface area (Å²) in [5.74, 6) is 2.27. The Hall–Kier alpha value is -3.29. The zero-order valence-electron chi connectivity index (χ0n) is 18.8. The van der Waals surface area contributed by atoms with Crippen molar-refractivity contribution in [3.63, 3.8) is 0 Å². The van der Waals surface area contributed by atoms with Crippen molar-refractivity contribution in [2.75, 3.05) is 26.6 Å². The molecule has 1 aromatic carbocycles. The number of rotatable bonds is 7. The molecule has 3 aromatic rings. The number of hydrogen-bond donors (Lipinski definition) is 1. The number of amides is 1. The minimum absolute atomic E-state index is 0.00557. The van der Waals surface area contributed by atoms with Crippen LogP contribution in [0.25, 0.3) is 11.1 Å². The maximum absolute atomic E-state index is 13.6. The summed E-state index contributed by atoms with van der Waals surface area (Å²) in [6.45, 7) is 5.89. The highest BCUT2D eigenvalue weighted by molar-refractivity contribution is 6.10. The van der Waals surface area contributed by atoms with E-state index in [1.54, 1.807) is 33.1 Å². The number of carbonyl (C=O) groups excluding carboxylic acids is 1. The molecule has 0 unspecified atom stereocenters. The molecule has 0 bridgehead atoms. The number of aromatic nitrogens is 2. The number of hydrogen-bond acceptors (Lipinski definition) is 7. The van der Waals surface area contributed by atoms with E-state index in [0.717, 1.165) is 18.4 Å². The van der Waals surface area contributed by atoms with Crippen molar-refractivity contribution in [2.45, 2.75) is 45.2 Å². The number of nitrogens with one attached hydrogen (secondary N) is 1. The summed E-state index contributed by atoms with van der Waals surface area (Å²) in [5.41, 5.74) is 1.83. The van der Waals surface area contributed by atoms with Gasteiger partial charge in [-0.25, -0.2) is 9.97 Å². The number of fused-ring (bicyclic) bond motifs is 1. The van der Waals surface area contributed by atoms with Crippen molar-refractivity contribution in [1.29, 1.82) is 0 Å². The standard InChI is InChI=1S/C23H28N4O4/c1-13(15-7-8-16(29-5)17(11-15)30-6)27(4)22(28)18-14(2)31-21-19(18)20(24-12-25-21)26-23(3)9-10-23/h7-8,11-13H,9-10H2,1-6H3,(H,24,25,26)/t13-/m0/s1. The highest BCUT2D eigenvalue weighted by atomic mass is 16.5. The van der Waals surface area contributed by atoms with Crippen LogP contribution < -0.4 is 14.8 Å². The molecule has 1 atom stereocenters. The second-order valence-electron chi connectivity index (χ2n) is 8.33. The van der Waals surface area contributed by atoms with Crippen LogP contribution in [0, 0.1) is 6.92 Å². The monoisotopic (exact) mass is 424 g/mol. The molecule has 0 saturated heterocycles. The van der Waals surface area contributed by atoms with Gasteiger partial charge in [0.2, 0.25) is 5.71 Å². The van der Waals surface area contributed by atoms with Gasteiger partial charge in [0.15, 0.2) is 11.5 Å². The van der Waals surface area contributed by atoms with Crippen molar-refractivity contribution >= 4 is 22.8 Å². The maximum atomic E-state index is 13.6. The number of benzene rings is 1. The molecule has 0 radical (unpaired) electrons. The second kappa shape index (κ2) is 7.76. The van der Waals surface area contributed by atoms with E-state index >= 15 is 0 Å². The Morgan fingerprint density at radius 1 is 1.23 bits per heavy atom. The van der Waals surface area contributed by atoms with Crippen molar-refractivity contribution < 1.29 is 18.7 Å². The summed E-state index contributed by atoms with van der Waals surface area (Å²) in [6.07, 6.45) is 3.59. The lowest BCUT2D eigenvalue weighted by Crippen LogP contribution is -2.30. The minimum Gasteiger partial charge on any atom is -0.493 e. The predicted molar refractivity (Wildman–Crippen MR) is 118 cm³/mol. The number of methoxy groups -OCH3 is 2. The number of ether oxygens (including phenoxy) is 2. The van der Waals surface area contributed by atoms with E-state index < -0.39 is 0 Å². The van der Waals surface area contributed by atoms with E-state index in [-0.39, 0.29) is 17.5 Å². The Bertz CT molecular complexity index is 1140. The van der Waals surface area contributed by atoms with Gasteiger partial charge in [-0.15, -0.1) is 0 Å². The number of furan rings is 1. The Morgan fingerprint density at radius 2 is 1.94 bits per heavy atom. The van der Waals surface area contributed by atoms with E-state index in [4.69, 9.17) is 13.9 Å². The van der Waals surface area contributed by atoms with Crippen molar-refractivity contribution in [1.82, 2.24) is 14.9 Å². The third kappa shape index (κ3) is 3.78. The number of anilines is 1. The first-order valence-electron chi connectivity index (χ1n) is 10.3. The lowest BCUT2D eigenvalue weighted by Gasteiger charge is -2.26. The smallest absolute Gasteiger partial charge is 0.258 e. The molecular formula is C23H28N4O4. The summed E-state index contributed by atoms with van der Waals surface area (Å²) in [5, 5.41) is 4.09. The molecule has 1 aliphatic rings. The first kappa shape index (κ1) is 21.0. The van der Waals surface area contributed by atoms with Gasteiger partial charge in [0.25, 0.3) is 5.91 Å². The summed E-state index contributed by atoms with van der Waals surface area (Å²) >= 11 is 0. The highest BCUT2D eigenvalue weighted by Gasteiger charge is 2.39. The Balaban J connectivity index is 1.69. The van der Waals surface area contributed by atoms with Crippen LogP contribution in [0.4, 0.5) is 5.82 Å². The SMILES string of the molecule is COc1ccc([C@H](C)N(C)C(=O)c2c(C)oc3ncnc(NC4(C)CC4)c23)cc1OC. The van der Waals surface area contributed by atoms with Crippen LogP contribution >= 0.6 is 0 Å². The van der Waals surface area contributed by atoms with Gasteiger partial charge in [-0.05, 0) is 51.3 Å². The molecule has 1 saturated carbocycles. The average Bonchev–Trinajstić information content (AvgIpc) is 3.39. The molecule has 1 aliphatic carbocycles. The quantitative estimate of drug-likeness (QED) is 0.603. The molecule has 2 heterocycles. The molecule has 0 spiro atoms. The van der Waals surface area contributed by atoms with Crippen molar-refractivity contribution in [3.8, 4) is 11.5 Å². The fourth-order valence-corrected chi connectivity index (χ4v) is 3.68. The molecule has 2 aromatic heterocycles. The third-order valence-corrected chi connectivity index (χ3v) is 6.09. The largest absolute Gasteiger partial charge is 0.493 e. The Morgan fingerprint density at radius 3 is 2.58 bits per heavy atom. The van der Waals surface area contributed by atoms with Crippen LogP contribution in [0.1, 0.15) is 54.4 Å². The zero-order chi connectivity index (χ0) is 22.3. The average molecular weight is 425 g/mol. The molecule has 1 fully saturated rings. The molecule has 0 aliphatic heterocycles. The lowest BCUT2D eigenvalue weighted by molar-refractivity contribution is 0.0742. The van der Waals surface area contributed by atoms with Crippen LogP contribution in [-0.2, 0) is 0 Å². The number of nitrogens with zero attached hydrogens (tertiary/aromatic N) is 3. The predicted octanol–water partition coefficient (Wildman–Crippen LogP) is 4.35. The fourth-order valence-electron chi connectivity index (χ4n) is 3.68. The lowest BCUT2D eigenvalue weighted by atomic mass is 10.0. The normalized spacial score (nSPS) is 15.4. The summed E-state index contributed by atoms with van der Waals surface area (Å²) in [6, 6.07) is 5.45. The summed E-state index contributed by atoms with van der Waals surface area (Å²) in [7, 11) is 4.97. The van der Waals surface area contributed by atoms with E-state index in [1.807, 2.05) is 25.1 Å². The van der Waals surface area contributed by atoms with Crippen molar-refractivity contribution in [3.05, 3.63) is 41.4 Å². The molecule has 8 nitrogen and oxygen atoms in total. The van der Waals surface area contributed by atoms with Crippen LogP contribution in [0.5, 0.6) is 11.5 Å². The van der Waals surface area contributed by atoms with Crippen LogP contribution in [0.15, 0.2) is 28.9 Å². The number of aryl methyl sites for hydroxylation is 1. The molecule has 1 amide bonds. The van der Waals surface area contributed by atoms with Crippen LogP contribution in [-0.4, -0.2) is 47.6 Å². The van der Waals surface area contributed by atoms with Gasteiger partial charge in [-0.3, -0.25) is 4.79 Å². The van der Waals surface area contributed by atoms with Gasteiger partial charge in [0.1, 0.15) is 17.9 Å². The van der Waals surface area contributed by atoms with E-state index in [0.29, 0.717) is 39.7 Å². The minimum atomic E-state index is -0.210. The molecule has 31 heavy (non-hydrogen) atoms. The Kier molecular flexibility index (Phi) is 5.24. The fraction of sp³-hybridized carbons (Fsp3) is 0.435. The van der Waals surface area contributed by atoms with Gasteiger partial charge in [-0.1, -0.05) is 6.07 Å². The molecular weight excluding hydrogens is 396 g/mol. The van der Waals surface area contributed by atoms with Gasteiger partial charge in [0.05, 0.1) is 31.2 Å². The topological polar surface area (TPSA) is 89.7 Å². The van der Waals surface area contributed by atoms with Gasteiger partial charge in [-0.2, -0.15) is 0 Å². The zero-order valence-corrected chi connectivity index (χ0v) is 18.8.